The molecule has 2 aromatic heterocycles. The maximum absolute atomic E-state index is 9.23. The van der Waals surface area contributed by atoms with Crippen LogP contribution in [0.5, 0.6) is 0 Å². The maximum Gasteiger partial charge on any atom is 0.170 e. The number of nitriles is 1. The van der Waals surface area contributed by atoms with Crippen molar-refractivity contribution in [2.24, 2.45) is 0 Å². The fraction of sp³-hybridized carbons (Fsp3) is 0.333. The van der Waals surface area contributed by atoms with E-state index in [4.69, 9.17) is 16.3 Å². The van der Waals surface area contributed by atoms with Crippen LogP contribution in [-0.2, 0) is 11.3 Å². The third kappa shape index (κ3) is 3.79. The molecule has 27 heavy (non-hydrogen) atoms. The Balaban J connectivity index is 1.45. The Labute approximate surface area is 170 Å². The minimum atomic E-state index is 0.214. The van der Waals surface area contributed by atoms with Gasteiger partial charge in [0, 0.05) is 54.8 Å². The van der Waals surface area contributed by atoms with Crippen LogP contribution in [0, 0.1) is 11.3 Å². The van der Waals surface area contributed by atoms with Crippen molar-refractivity contribution < 1.29 is 4.74 Å². The van der Waals surface area contributed by atoms with Gasteiger partial charge in [-0.25, -0.2) is 4.98 Å². The Hall–Kier alpha value is -1.76. The van der Waals surface area contributed by atoms with Crippen LogP contribution >= 0.6 is 34.9 Å². The standard InChI is InChI=1S/C18H18ClN5OS2/c1-25-15-3-2-6-24(15)10-12-9-22-18(26-12)27-23-14-5-4-13(19)16-11(7-20)8-21-17(14)16/h4-5,8-9,15,21,23H,2-3,6,10H2,1H3. The summed E-state index contributed by atoms with van der Waals surface area (Å²) in [6, 6.07) is 5.86. The highest BCUT2D eigenvalue weighted by Gasteiger charge is 2.24. The number of thiazole rings is 1. The fourth-order valence-corrected chi connectivity index (χ4v) is 5.34. The summed E-state index contributed by atoms with van der Waals surface area (Å²) in [4.78, 5) is 11.2. The second-order valence-electron chi connectivity index (χ2n) is 6.26. The lowest BCUT2D eigenvalue weighted by Gasteiger charge is -2.21. The van der Waals surface area contributed by atoms with Gasteiger partial charge in [-0.1, -0.05) is 11.6 Å². The zero-order chi connectivity index (χ0) is 18.8. The van der Waals surface area contributed by atoms with Crippen molar-refractivity contribution in [3.05, 3.63) is 40.0 Å². The number of nitrogens with zero attached hydrogens (tertiary/aromatic N) is 3. The number of benzene rings is 1. The molecule has 1 aliphatic heterocycles. The topological polar surface area (TPSA) is 77.0 Å². The first kappa shape index (κ1) is 18.6. The van der Waals surface area contributed by atoms with E-state index in [0.29, 0.717) is 10.6 Å². The SMILES string of the molecule is COC1CCCN1Cc1cnc(SNc2ccc(Cl)c3c(C#N)c[nH]c23)s1. The minimum absolute atomic E-state index is 0.214. The molecule has 0 radical (unpaired) electrons. The second-order valence-corrected chi connectivity index (χ2v) is 8.83. The van der Waals surface area contributed by atoms with Crippen LogP contribution in [0.1, 0.15) is 23.3 Å². The van der Waals surface area contributed by atoms with Gasteiger partial charge in [0.1, 0.15) is 12.3 Å². The number of H-pyrrole nitrogens is 1. The Morgan fingerprint density at radius 2 is 2.44 bits per heavy atom. The lowest BCUT2D eigenvalue weighted by molar-refractivity contribution is -0.00768. The average molecular weight is 420 g/mol. The van der Waals surface area contributed by atoms with E-state index >= 15 is 0 Å². The molecule has 4 rings (SSSR count). The molecule has 1 atom stereocenters. The van der Waals surface area contributed by atoms with Gasteiger partial charge in [0.15, 0.2) is 4.34 Å². The number of ether oxygens (including phenoxy) is 1. The van der Waals surface area contributed by atoms with Gasteiger partial charge in [-0.15, -0.1) is 11.3 Å². The number of aromatic nitrogens is 2. The molecule has 6 nitrogen and oxygen atoms in total. The number of fused-ring (bicyclic) bond motifs is 1. The molecule has 1 aliphatic rings. The summed E-state index contributed by atoms with van der Waals surface area (Å²) >= 11 is 9.38. The number of anilines is 1. The van der Waals surface area contributed by atoms with Gasteiger partial charge in [-0.3, -0.25) is 4.90 Å². The number of rotatable bonds is 6. The van der Waals surface area contributed by atoms with E-state index < -0.39 is 0 Å². The molecule has 2 N–H and O–H groups in total. The molecule has 0 bridgehead atoms. The zero-order valence-electron chi connectivity index (χ0n) is 14.7. The summed E-state index contributed by atoms with van der Waals surface area (Å²) in [5.41, 5.74) is 2.23. The number of methoxy groups -OCH3 is 1. The fourth-order valence-electron chi connectivity index (χ4n) is 3.33. The third-order valence-electron chi connectivity index (χ3n) is 4.62. The van der Waals surface area contributed by atoms with E-state index in [0.717, 1.165) is 40.4 Å². The molecular formula is C18H18ClN5OS2. The monoisotopic (exact) mass is 419 g/mol. The lowest BCUT2D eigenvalue weighted by Crippen LogP contribution is -2.29. The van der Waals surface area contributed by atoms with Crippen molar-refractivity contribution >= 4 is 51.5 Å². The molecule has 9 heteroatoms. The summed E-state index contributed by atoms with van der Waals surface area (Å²) in [5.74, 6) is 0. The minimum Gasteiger partial charge on any atom is -0.366 e. The van der Waals surface area contributed by atoms with Crippen molar-refractivity contribution in [2.75, 3.05) is 18.4 Å². The van der Waals surface area contributed by atoms with Crippen LogP contribution in [0.15, 0.2) is 28.9 Å². The molecule has 1 unspecified atom stereocenters. The van der Waals surface area contributed by atoms with E-state index in [1.165, 1.54) is 23.2 Å². The van der Waals surface area contributed by atoms with Crippen LogP contribution in [0.2, 0.25) is 5.02 Å². The van der Waals surface area contributed by atoms with Gasteiger partial charge in [0.25, 0.3) is 0 Å². The number of nitrogens with one attached hydrogen (secondary N) is 2. The molecule has 0 saturated carbocycles. The smallest absolute Gasteiger partial charge is 0.170 e. The number of likely N-dealkylation sites (tertiary alicyclic amines) is 1. The second kappa shape index (κ2) is 8.09. The highest BCUT2D eigenvalue weighted by Crippen LogP contribution is 2.35. The van der Waals surface area contributed by atoms with E-state index in [1.54, 1.807) is 30.7 Å². The Kier molecular flexibility index (Phi) is 5.57. The van der Waals surface area contributed by atoms with Gasteiger partial charge in [-0.05, 0) is 25.0 Å². The van der Waals surface area contributed by atoms with E-state index in [1.807, 2.05) is 12.3 Å². The lowest BCUT2D eigenvalue weighted by atomic mass is 10.1. The molecule has 0 spiro atoms. The van der Waals surface area contributed by atoms with Crippen molar-refractivity contribution in [2.45, 2.75) is 30.0 Å². The highest BCUT2D eigenvalue weighted by molar-refractivity contribution is 8.02. The summed E-state index contributed by atoms with van der Waals surface area (Å²) < 4.78 is 9.79. The van der Waals surface area contributed by atoms with E-state index in [-0.39, 0.29) is 6.23 Å². The first-order chi connectivity index (χ1) is 13.2. The van der Waals surface area contributed by atoms with Gasteiger partial charge in [0.2, 0.25) is 0 Å². The molecule has 3 aromatic rings. The number of halogens is 1. The third-order valence-corrected chi connectivity index (χ3v) is 6.81. The predicted molar refractivity (Wildman–Crippen MR) is 110 cm³/mol. The van der Waals surface area contributed by atoms with Gasteiger partial charge in [-0.2, -0.15) is 5.26 Å². The zero-order valence-corrected chi connectivity index (χ0v) is 17.0. The van der Waals surface area contributed by atoms with Crippen LogP contribution in [0.25, 0.3) is 10.9 Å². The van der Waals surface area contributed by atoms with Crippen LogP contribution in [0.3, 0.4) is 0 Å². The van der Waals surface area contributed by atoms with Crippen molar-refractivity contribution in [1.29, 1.82) is 5.26 Å². The summed E-state index contributed by atoms with van der Waals surface area (Å²) in [6.07, 6.45) is 6.08. The molecule has 140 valence electrons. The summed E-state index contributed by atoms with van der Waals surface area (Å²) in [6.45, 7) is 1.93. The largest absolute Gasteiger partial charge is 0.366 e. The first-order valence-corrected chi connectivity index (χ1v) is 10.5. The summed E-state index contributed by atoms with van der Waals surface area (Å²) in [7, 11) is 1.77. The number of hydrogen-bond donors (Lipinski definition) is 2. The van der Waals surface area contributed by atoms with Crippen LogP contribution < -0.4 is 4.72 Å². The summed E-state index contributed by atoms with van der Waals surface area (Å²) in [5, 5.41) is 10.5. The number of aromatic amines is 1. The van der Waals surface area contributed by atoms with Crippen molar-refractivity contribution in [3.8, 4) is 6.07 Å². The normalized spacial score (nSPS) is 17.4. The molecule has 0 aliphatic carbocycles. The van der Waals surface area contributed by atoms with Crippen LogP contribution in [-0.4, -0.2) is 34.8 Å². The predicted octanol–water partition coefficient (Wildman–Crippen LogP) is 4.84. The van der Waals surface area contributed by atoms with Gasteiger partial charge in [0.05, 0.1) is 21.8 Å². The quantitative estimate of drug-likeness (QED) is 0.557. The Bertz CT molecular complexity index is 995. The molecular weight excluding hydrogens is 402 g/mol. The Morgan fingerprint density at radius 3 is 3.26 bits per heavy atom. The number of hydrogen-bond acceptors (Lipinski definition) is 7. The van der Waals surface area contributed by atoms with Gasteiger partial charge < -0.3 is 14.4 Å². The first-order valence-electron chi connectivity index (χ1n) is 8.53. The van der Waals surface area contributed by atoms with E-state index in [2.05, 4.69) is 25.7 Å². The molecule has 1 saturated heterocycles. The van der Waals surface area contributed by atoms with Crippen LogP contribution in [0.4, 0.5) is 5.69 Å². The molecule has 1 fully saturated rings. The highest BCUT2D eigenvalue weighted by atomic mass is 35.5. The average Bonchev–Trinajstić information content (AvgIpc) is 3.41. The molecule has 1 aromatic carbocycles. The molecule has 0 amide bonds. The van der Waals surface area contributed by atoms with Gasteiger partial charge >= 0.3 is 0 Å². The maximum atomic E-state index is 9.23. The Morgan fingerprint density at radius 1 is 1.56 bits per heavy atom. The van der Waals surface area contributed by atoms with Crippen molar-refractivity contribution in [1.82, 2.24) is 14.9 Å². The van der Waals surface area contributed by atoms with Crippen molar-refractivity contribution in [3.63, 3.8) is 0 Å². The van der Waals surface area contributed by atoms with E-state index in [9.17, 15) is 5.26 Å². The molecule has 3 heterocycles.